The molecule has 1 fully saturated rings. The van der Waals surface area contributed by atoms with Crippen LogP contribution < -0.4 is 20.5 Å². The molecule has 0 spiro atoms. The van der Waals surface area contributed by atoms with E-state index in [0.717, 1.165) is 38.5 Å². The second-order valence-corrected chi connectivity index (χ2v) is 6.86. The van der Waals surface area contributed by atoms with Crippen LogP contribution >= 0.6 is 0 Å². The third kappa shape index (κ3) is 3.35. The van der Waals surface area contributed by atoms with E-state index in [-0.39, 0.29) is 5.56 Å². The molecule has 1 aromatic carbocycles. The van der Waals surface area contributed by atoms with Crippen LogP contribution in [0.3, 0.4) is 0 Å². The van der Waals surface area contributed by atoms with Crippen LogP contribution in [0, 0.1) is 0 Å². The molecule has 3 heterocycles. The lowest BCUT2D eigenvalue weighted by atomic mass is 10.1. The van der Waals surface area contributed by atoms with Gasteiger partial charge in [0, 0.05) is 39.3 Å². The summed E-state index contributed by atoms with van der Waals surface area (Å²) >= 11 is 0. The molecule has 0 saturated carbocycles. The number of anilines is 1. The van der Waals surface area contributed by atoms with Crippen molar-refractivity contribution in [2.75, 3.05) is 38.2 Å². The van der Waals surface area contributed by atoms with Crippen molar-refractivity contribution in [2.24, 2.45) is 0 Å². The van der Waals surface area contributed by atoms with Crippen molar-refractivity contribution in [3.8, 4) is 6.01 Å². The normalized spacial score (nSPS) is 14.6. The van der Waals surface area contributed by atoms with Crippen molar-refractivity contribution in [3.05, 3.63) is 46.2 Å². The highest BCUT2D eigenvalue weighted by Gasteiger charge is 2.23. The van der Waals surface area contributed by atoms with Crippen LogP contribution in [-0.2, 0) is 19.5 Å². The predicted molar refractivity (Wildman–Crippen MR) is 109 cm³/mol. The Morgan fingerprint density at radius 1 is 1.11 bits per heavy atom. The summed E-state index contributed by atoms with van der Waals surface area (Å²) in [6, 6.07) is 10.4. The molecule has 28 heavy (non-hydrogen) atoms. The molecule has 8 nitrogen and oxygen atoms in total. The molecule has 1 N–H and O–H groups in total. The molecule has 0 amide bonds. The molecule has 8 heteroatoms. The number of methoxy groups -OCH3 is 1. The summed E-state index contributed by atoms with van der Waals surface area (Å²) in [6.45, 7) is 6.75. The van der Waals surface area contributed by atoms with E-state index in [1.165, 1.54) is 5.56 Å². The lowest BCUT2D eigenvalue weighted by molar-refractivity contribution is 0.348. The van der Waals surface area contributed by atoms with Crippen molar-refractivity contribution in [1.29, 1.82) is 0 Å². The lowest BCUT2D eigenvalue weighted by Gasteiger charge is -2.28. The number of ether oxygens (including phenoxy) is 1. The van der Waals surface area contributed by atoms with Crippen LogP contribution in [0.1, 0.15) is 12.5 Å². The standard InChI is InChI=1S/C20H26N6O2/c1-3-25-16-17(22-19(25)24-13-10-21-11-14-24)23-20(28-2)26(18(16)27)12-9-15-7-5-4-6-8-15/h4-8,21H,3,9-14H2,1-2H3. The zero-order chi connectivity index (χ0) is 19.5. The van der Waals surface area contributed by atoms with Gasteiger partial charge in [-0.3, -0.25) is 9.36 Å². The number of imidazole rings is 1. The smallest absolute Gasteiger partial charge is 0.301 e. The molecule has 1 saturated heterocycles. The van der Waals surface area contributed by atoms with Gasteiger partial charge in [-0.2, -0.15) is 9.97 Å². The number of rotatable bonds is 6. The second kappa shape index (κ2) is 8.02. The van der Waals surface area contributed by atoms with E-state index in [1.807, 2.05) is 29.7 Å². The lowest BCUT2D eigenvalue weighted by Crippen LogP contribution is -2.44. The number of hydrogen-bond donors (Lipinski definition) is 1. The number of fused-ring (bicyclic) bond motifs is 1. The van der Waals surface area contributed by atoms with Gasteiger partial charge < -0.3 is 19.5 Å². The molecule has 0 atom stereocenters. The van der Waals surface area contributed by atoms with Gasteiger partial charge in [0.1, 0.15) is 0 Å². The maximum absolute atomic E-state index is 13.4. The summed E-state index contributed by atoms with van der Waals surface area (Å²) in [5.74, 6) is 0.812. The van der Waals surface area contributed by atoms with E-state index in [1.54, 1.807) is 11.7 Å². The van der Waals surface area contributed by atoms with Gasteiger partial charge in [0.2, 0.25) is 5.95 Å². The Hall–Kier alpha value is -2.87. The largest absolute Gasteiger partial charge is 0.468 e. The molecule has 0 aliphatic carbocycles. The highest BCUT2D eigenvalue weighted by Crippen LogP contribution is 2.21. The van der Waals surface area contributed by atoms with Crippen molar-refractivity contribution in [2.45, 2.75) is 26.4 Å². The summed E-state index contributed by atoms with van der Waals surface area (Å²) in [7, 11) is 1.54. The molecule has 1 aliphatic heterocycles. The molecule has 0 radical (unpaired) electrons. The van der Waals surface area contributed by atoms with Gasteiger partial charge in [-0.15, -0.1) is 0 Å². The Morgan fingerprint density at radius 2 is 1.86 bits per heavy atom. The van der Waals surface area contributed by atoms with Gasteiger partial charge in [0.05, 0.1) is 7.11 Å². The van der Waals surface area contributed by atoms with E-state index in [0.29, 0.717) is 30.3 Å². The highest BCUT2D eigenvalue weighted by molar-refractivity contribution is 5.74. The minimum absolute atomic E-state index is 0.103. The predicted octanol–water partition coefficient (Wildman–Crippen LogP) is 1.27. The van der Waals surface area contributed by atoms with Crippen LogP contribution in [0.15, 0.2) is 35.1 Å². The van der Waals surface area contributed by atoms with Crippen molar-refractivity contribution in [1.82, 2.24) is 24.4 Å². The summed E-state index contributed by atoms with van der Waals surface area (Å²) < 4.78 is 9.03. The average molecular weight is 382 g/mol. The first kappa shape index (κ1) is 18.5. The maximum Gasteiger partial charge on any atom is 0.301 e. The van der Waals surface area contributed by atoms with Crippen LogP contribution in [-0.4, -0.2) is 52.4 Å². The fourth-order valence-corrected chi connectivity index (χ4v) is 3.73. The topological polar surface area (TPSA) is 77.2 Å². The van der Waals surface area contributed by atoms with E-state index >= 15 is 0 Å². The summed E-state index contributed by atoms with van der Waals surface area (Å²) in [5.41, 5.74) is 2.06. The zero-order valence-electron chi connectivity index (χ0n) is 16.4. The SMILES string of the molecule is CCn1c(N2CCNCC2)nc2nc(OC)n(CCc3ccccc3)c(=O)c21. The van der Waals surface area contributed by atoms with Gasteiger partial charge in [0.25, 0.3) is 5.56 Å². The first-order chi connectivity index (χ1) is 13.7. The Bertz CT molecular complexity index is 1000. The number of hydrogen-bond acceptors (Lipinski definition) is 6. The first-order valence-electron chi connectivity index (χ1n) is 9.77. The van der Waals surface area contributed by atoms with Crippen molar-refractivity contribution < 1.29 is 4.74 Å². The number of benzene rings is 1. The van der Waals surface area contributed by atoms with Gasteiger partial charge in [-0.25, -0.2) is 0 Å². The van der Waals surface area contributed by atoms with Gasteiger partial charge >= 0.3 is 6.01 Å². The Morgan fingerprint density at radius 3 is 2.54 bits per heavy atom. The molecule has 2 aromatic heterocycles. The minimum atomic E-state index is -0.103. The Labute approximate surface area is 163 Å². The first-order valence-corrected chi connectivity index (χ1v) is 9.77. The van der Waals surface area contributed by atoms with Gasteiger partial charge in [-0.05, 0) is 18.9 Å². The van der Waals surface area contributed by atoms with Crippen molar-refractivity contribution in [3.63, 3.8) is 0 Å². The van der Waals surface area contributed by atoms with Crippen molar-refractivity contribution >= 4 is 17.1 Å². The molecular formula is C20H26N6O2. The van der Waals surface area contributed by atoms with Crippen LogP contribution in [0.5, 0.6) is 6.01 Å². The van der Waals surface area contributed by atoms with Gasteiger partial charge in [-0.1, -0.05) is 30.3 Å². The summed E-state index contributed by atoms with van der Waals surface area (Å²) in [4.78, 5) is 24.8. The van der Waals surface area contributed by atoms with E-state index < -0.39 is 0 Å². The van der Waals surface area contributed by atoms with Crippen LogP contribution in [0.2, 0.25) is 0 Å². The molecule has 4 rings (SSSR count). The quantitative estimate of drug-likeness (QED) is 0.692. The molecule has 3 aromatic rings. The third-order valence-corrected chi connectivity index (χ3v) is 5.17. The number of aromatic nitrogens is 4. The van der Waals surface area contributed by atoms with Gasteiger partial charge in [0.15, 0.2) is 11.2 Å². The molecule has 148 valence electrons. The Kier molecular flexibility index (Phi) is 5.29. The number of aryl methyl sites for hydroxylation is 2. The number of nitrogens with zero attached hydrogens (tertiary/aromatic N) is 5. The molecule has 0 bridgehead atoms. The molecular weight excluding hydrogens is 356 g/mol. The second-order valence-electron chi connectivity index (χ2n) is 6.86. The third-order valence-electron chi connectivity index (χ3n) is 5.17. The Balaban J connectivity index is 1.77. The summed E-state index contributed by atoms with van der Waals surface area (Å²) in [5, 5.41) is 3.35. The summed E-state index contributed by atoms with van der Waals surface area (Å²) in [6.07, 6.45) is 0.731. The molecule has 1 aliphatic rings. The highest BCUT2D eigenvalue weighted by atomic mass is 16.5. The van der Waals surface area contributed by atoms with E-state index in [9.17, 15) is 4.79 Å². The van der Waals surface area contributed by atoms with Crippen LogP contribution in [0.4, 0.5) is 5.95 Å². The average Bonchev–Trinajstić information content (AvgIpc) is 3.13. The van der Waals surface area contributed by atoms with E-state index in [4.69, 9.17) is 9.72 Å². The number of piperazine rings is 1. The molecule has 0 unspecified atom stereocenters. The monoisotopic (exact) mass is 382 g/mol. The number of nitrogens with one attached hydrogen (secondary N) is 1. The fourth-order valence-electron chi connectivity index (χ4n) is 3.73. The maximum atomic E-state index is 13.4. The zero-order valence-corrected chi connectivity index (χ0v) is 16.4. The fraction of sp³-hybridized carbons (Fsp3) is 0.450. The van der Waals surface area contributed by atoms with Crippen LogP contribution in [0.25, 0.3) is 11.2 Å². The van der Waals surface area contributed by atoms with E-state index in [2.05, 4.69) is 27.3 Å². The minimum Gasteiger partial charge on any atom is -0.468 e.